The summed E-state index contributed by atoms with van der Waals surface area (Å²) in [5, 5.41) is 11.3. The van der Waals surface area contributed by atoms with Crippen LogP contribution in [0.25, 0.3) is 0 Å². The molecule has 2 N–H and O–H groups in total. The molecule has 1 atom stereocenters. The summed E-state index contributed by atoms with van der Waals surface area (Å²) in [4.78, 5) is 22.6. The van der Waals surface area contributed by atoms with Crippen molar-refractivity contribution in [1.29, 1.82) is 0 Å². The Kier molecular flexibility index (Phi) is 5.23. The molecular weight excluding hydrogens is 266 g/mol. The molecule has 1 amide bonds. The fourth-order valence-electron chi connectivity index (χ4n) is 1.42. The molecule has 0 fully saturated rings. The van der Waals surface area contributed by atoms with E-state index in [9.17, 15) is 9.59 Å². The lowest BCUT2D eigenvalue weighted by Crippen LogP contribution is -2.51. The van der Waals surface area contributed by atoms with Crippen molar-refractivity contribution in [1.82, 2.24) is 5.32 Å². The minimum atomic E-state index is -1.16. The molecular formula is C13H17NO4S. The van der Waals surface area contributed by atoms with E-state index in [4.69, 9.17) is 9.84 Å². The van der Waals surface area contributed by atoms with Crippen molar-refractivity contribution in [2.24, 2.45) is 0 Å². The summed E-state index contributed by atoms with van der Waals surface area (Å²) in [6.07, 6.45) is -0.779. The number of carboxylic acid groups (broad SMARTS) is 1. The lowest BCUT2D eigenvalue weighted by Gasteiger charge is -2.26. The van der Waals surface area contributed by atoms with Gasteiger partial charge in [-0.15, -0.1) is 0 Å². The van der Waals surface area contributed by atoms with Gasteiger partial charge in [0.05, 0.1) is 0 Å². The molecule has 0 heterocycles. The van der Waals surface area contributed by atoms with Crippen LogP contribution in [-0.2, 0) is 16.1 Å². The number of nitrogens with one attached hydrogen (secondary N) is 1. The van der Waals surface area contributed by atoms with Crippen LogP contribution in [0.3, 0.4) is 0 Å². The monoisotopic (exact) mass is 283 g/mol. The van der Waals surface area contributed by atoms with Crippen LogP contribution in [-0.4, -0.2) is 28.0 Å². The van der Waals surface area contributed by atoms with Gasteiger partial charge in [0.15, 0.2) is 0 Å². The molecule has 0 saturated carbocycles. The van der Waals surface area contributed by atoms with Crippen LogP contribution in [0.15, 0.2) is 30.3 Å². The molecule has 19 heavy (non-hydrogen) atoms. The first kappa shape index (κ1) is 15.4. The summed E-state index contributed by atoms with van der Waals surface area (Å²) < 4.78 is 4.07. The van der Waals surface area contributed by atoms with Gasteiger partial charge in [-0.25, -0.2) is 9.59 Å². The Morgan fingerprint density at radius 3 is 2.42 bits per heavy atom. The van der Waals surface area contributed by atoms with Gasteiger partial charge < -0.3 is 15.2 Å². The molecule has 0 aliphatic carbocycles. The second-order valence-corrected chi connectivity index (χ2v) is 5.78. The van der Waals surface area contributed by atoms with E-state index in [1.54, 1.807) is 13.8 Å². The maximum absolute atomic E-state index is 11.5. The fraction of sp³-hybridized carbons (Fsp3) is 0.385. The third kappa shape index (κ3) is 5.21. The number of hydrogen-bond acceptors (Lipinski definition) is 4. The highest BCUT2D eigenvalue weighted by atomic mass is 32.1. The molecule has 1 rings (SSSR count). The van der Waals surface area contributed by atoms with Gasteiger partial charge in [0.2, 0.25) is 0 Å². The first-order valence-electron chi connectivity index (χ1n) is 5.73. The van der Waals surface area contributed by atoms with E-state index in [2.05, 4.69) is 17.9 Å². The third-order valence-electron chi connectivity index (χ3n) is 2.43. The van der Waals surface area contributed by atoms with Crippen molar-refractivity contribution < 1.29 is 19.4 Å². The van der Waals surface area contributed by atoms with E-state index >= 15 is 0 Å². The molecule has 5 nitrogen and oxygen atoms in total. The van der Waals surface area contributed by atoms with Gasteiger partial charge in [-0.2, -0.15) is 12.6 Å². The molecule has 6 heteroatoms. The summed E-state index contributed by atoms with van der Waals surface area (Å²) in [6, 6.07) is 8.00. The Labute approximate surface area is 117 Å². The van der Waals surface area contributed by atoms with Crippen LogP contribution in [0.2, 0.25) is 0 Å². The predicted molar refractivity (Wildman–Crippen MR) is 74.3 cm³/mol. The number of aliphatic carboxylic acids is 1. The number of amides is 1. The van der Waals surface area contributed by atoms with Crippen LogP contribution in [0.1, 0.15) is 19.4 Å². The molecule has 0 radical (unpaired) electrons. The average Bonchev–Trinajstić information content (AvgIpc) is 2.33. The maximum atomic E-state index is 11.5. The maximum Gasteiger partial charge on any atom is 0.408 e. The zero-order valence-corrected chi connectivity index (χ0v) is 11.7. The minimum Gasteiger partial charge on any atom is -0.480 e. The van der Waals surface area contributed by atoms with Gasteiger partial charge in [-0.05, 0) is 19.4 Å². The van der Waals surface area contributed by atoms with Gasteiger partial charge in [-0.1, -0.05) is 30.3 Å². The lowest BCUT2D eigenvalue weighted by atomic mass is 10.0. The molecule has 104 valence electrons. The number of thiol groups is 1. The molecule has 1 aromatic rings. The number of hydrogen-bond donors (Lipinski definition) is 3. The van der Waals surface area contributed by atoms with E-state index in [1.807, 2.05) is 30.3 Å². The highest BCUT2D eigenvalue weighted by Crippen LogP contribution is 2.18. The Balaban J connectivity index is 2.52. The Morgan fingerprint density at radius 1 is 1.37 bits per heavy atom. The number of carbonyl (C=O) groups excluding carboxylic acids is 1. The van der Waals surface area contributed by atoms with Crippen molar-refractivity contribution in [3.05, 3.63) is 35.9 Å². The van der Waals surface area contributed by atoms with Crippen molar-refractivity contribution in [3.63, 3.8) is 0 Å². The average molecular weight is 283 g/mol. The number of carbonyl (C=O) groups is 2. The van der Waals surface area contributed by atoms with E-state index < -0.39 is 22.9 Å². The quantitative estimate of drug-likeness (QED) is 0.723. The van der Waals surface area contributed by atoms with E-state index in [1.165, 1.54) is 0 Å². The SMILES string of the molecule is CC(C)(S)[C@@H](NC(=O)OCc1ccccc1)C(=O)O. The summed E-state index contributed by atoms with van der Waals surface area (Å²) in [6.45, 7) is 3.30. The normalized spacial score (nSPS) is 12.6. The Hall–Kier alpha value is -1.69. The van der Waals surface area contributed by atoms with E-state index in [-0.39, 0.29) is 6.61 Å². The van der Waals surface area contributed by atoms with Gasteiger partial charge >= 0.3 is 12.1 Å². The third-order valence-corrected chi connectivity index (χ3v) is 2.69. The topological polar surface area (TPSA) is 75.6 Å². The number of carboxylic acids is 1. The van der Waals surface area contributed by atoms with Crippen LogP contribution >= 0.6 is 12.6 Å². The second-order valence-electron chi connectivity index (χ2n) is 4.63. The van der Waals surface area contributed by atoms with Crippen LogP contribution < -0.4 is 5.32 Å². The van der Waals surface area contributed by atoms with Gasteiger partial charge in [0.1, 0.15) is 12.6 Å². The summed E-state index contributed by atoms with van der Waals surface area (Å²) >= 11 is 4.15. The Morgan fingerprint density at radius 2 is 1.95 bits per heavy atom. The summed E-state index contributed by atoms with van der Waals surface area (Å²) in [7, 11) is 0. The number of rotatable bonds is 5. The molecule has 0 saturated heterocycles. The molecule has 0 aliphatic heterocycles. The van der Waals surface area contributed by atoms with Crippen molar-refractivity contribution in [2.75, 3.05) is 0 Å². The highest BCUT2D eigenvalue weighted by molar-refractivity contribution is 7.81. The standard InChI is InChI=1S/C13H17NO4S/c1-13(2,19)10(11(15)16)14-12(17)18-8-9-6-4-3-5-7-9/h3-7,10,19H,8H2,1-2H3,(H,14,17)(H,15,16)/t10-/m0/s1. The summed E-state index contributed by atoms with van der Waals surface area (Å²) in [5.74, 6) is -1.16. The van der Waals surface area contributed by atoms with Crippen LogP contribution in [0, 0.1) is 0 Å². The lowest BCUT2D eigenvalue weighted by molar-refractivity contribution is -0.140. The zero-order chi connectivity index (χ0) is 14.5. The van der Waals surface area contributed by atoms with Crippen LogP contribution in [0.5, 0.6) is 0 Å². The highest BCUT2D eigenvalue weighted by Gasteiger charge is 2.34. The van der Waals surface area contributed by atoms with Gasteiger partial charge in [0, 0.05) is 4.75 Å². The minimum absolute atomic E-state index is 0.0893. The molecule has 1 aromatic carbocycles. The van der Waals surface area contributed by atoms with Gasteiger partial charge in [0.25, 0.3) is 0 Å². The first-order chi connectivity index (χ1) is 8.80. The molecule has 0 unspecified atom stereocenters. The van der Waals surface area contributed by atoms with Crippen molar-refractivity contribution >= 4 is 24.7 Å². The number of alkyl carbamates (subject to hydrolysis) is 1. The van der Waals surface area contributed by atoms with Crippen LogP contribution in [0.4, 0.5) is 4.79 Å². The second kappa shape index (κ2) is 6.47. The fourth-order valence-corrected chi connectivity index (χ4v) is 1.60. The smallest absolute Gasteiger partial charge is 0.408 e. The van der Waals surface area contributed by atoms with Gasteiger partial charge in [-0.3, -0.25) is 0 Å². The largest absolute Gasteiger partial charge is 0.480 e. The predicted octanol–water partition coefficient (Wildman–Crippen LogP) is 2.07. The molecule has 0 aliphatic rings. The molecule has 0 aromatic heterocycles. The summed E-state index contributed by atoms with van der Waals surface area (Å²) in [5.41, 5.74) is 0.828. The number of benzene rings is 1. The number of ether oxygens (including phenoxy) is 1. The Bertz CT molecular complexity index is 442. The van der Waals surface area contributed by atoms with E-state index in [0.717, 1.165) is 5.56 Å². The molecule has 0 bridgehead atoms. The zero-order valence-electron chi connectivity index (χ0n) is 10.8. The molecule has 0 spiro atoms. The van der Waals surface area contributed by atoms with Crippen molar-refractivity contribution in [3.8, 4) is 0 Å². The van der Waals surface area contributed by atoms with Crippen molar-refractivity contribution in [2.45, 2.75) is 31.2 Å². The van der Waals surface area contributed by atoms with E-state index in [0.29, 0.717) is 0 Å². The first-order valence-corrected chi connectivity index (χ1v) is 6.18.